The molecule has 1 aromatic rings. The van der Waals surface area contributed by atoms with E-state index in [-0.39, 0.29) is 0 Å². The average Bonchev–Trinajstić information content (AvgIpc) is 3.22. The lowest BCUT2D eigenvalue weighted by molar-refractivity contribution is 0.662. The number of para-hydroxylation sites is 2. The maximum Gasteiger partial charge on any atom is 0.0604 e. The fourth-order valence-corrected chi connectivity index (χ4v) is 3.02. The van der Waals surface area contributed by atoms with Gasteiger partial charge in [-0.1, -0.05) is 28.1 Å². The van der Waals surface area contributed by atoms with Crippen LogP contribution in [0.3, 0.4) is 0 Å². The van der Waals surface area contributed by atoms with Gasteiger partial charge in [-0.2, -0.15) is 0 Å². The van der Waals surface area contributed by atoms with Crippen LogP contribution in [-0.2, 0) is 0 Å². The molecule has 0 saturated heterocycles. The van der Waals surface area contributed by atoms with Crippen LogP contribution < -0.4 is 9.80 Å². The van der Waals surface area contributed by atoms with Crippen LogP contribution in [0.4, 0.5) is 11.4 Å². The van der Waals surface area contributed by atoms with E-state index in [1.54, 1.807) is 0 Å². The maximum atomic E-state index is 3.53. The Balaban J connectivity index is 1.77. The Kier molecular flexibility index (Phi) is 3.78. The van der Waals surface area contributed by atoms with Crippen LogP contribution in [0.5, 0.6) is 0 Å². The third-order valence-corrected chi connectivity index (χ3v) is 4.50. The molecule has 0 unspecified atom stereocenters. The second-order valence-electron chi connectivity index (χ2n) is 5.41. The van der Waals surface area contributed by atoms with Crippen LogP contribution in [0.1, 0.15) is 19.3 Å². The molecule has 0 bridgehead atoms. The quantitative estimate of drug-likeness (QED) is 0.768. The Morgan fingerprint density at radius 1 is 1.06 bits per heavy atom. The van der Waals surface area contributed by atoms with Gasteiger partial charge in [0.1, 0.15) is 0 Å². The number of rotatable bonds is 5. The van der Waals surface area contributed by atoms with Gasteiger partial charge in [0.25, 0.3) is 0 Å². The van der Waals surface area contributed by atoms with Gasteiger partial charge in [-0.15, -0.1) is 0 Å². The van der Waals surface area contributed by atoms with Crippen molar-refractivity contribution in [3.63, 3.8) is 0 Å². The van der Waals surface area contributed by atoms with Crippen molar-refractivity contribution in [2.75, 3.05) is 41.3 Å². The van der Waals surface area contributed by atoms with Crippen LogP contribution in [0, 0.1) is 5.92 Å². The third-order valence-electron chi connectivity index (χ3n) is 3.94. The fourth-order valence-electron chi connectivity index (χ4n) is 2.77. The van der Waals surface area contributed by atoms with Crippen molar-refractivity contribution in [3.8, 4) is 0 Å². The number of nitrogens with zero attached hydrogens (tertiary/aromatic N) is 2. The first kappa shape index (κ1) is 12.3. The highest BCUT2D eigenvalue weighted by molar-refractivity contribution is 9.09. The minimum atomic E-state index is 0.965. The molecule has 1 aliphatic heterocycles. The van der Waals surface area contributed by atoms with E-state index in [0.717, 1.165) is 11.2 Å². The third kappa shape index (κ3) is 2.66. The van der Waals surface area contributed by atoms with Crippen LogP contribution in [0.2, 0.25) is 0 Å². The molecule has 1 fully saturated rings. The summed E-state index contributed by atoms with van der Waals surface area (Å²) in [4.78, 5) is 5.14. The molecule has 2 nitrogen and oxygen atoms in total. The molecule has 0 spiro atoms. The second-order valence-corrected chi connectivity index (χ2v) is 6.20. The molecule has 0 N–H and O–H groups in total. The van der Waals surface area contributed by atoms with E-state index in [1.165, 1.54) is 56.8 Å². The molecule has 1 aromatic carbocycles. The molecule has 0 aromatic heterocycles. The predicted octanol–water partition coefficient (Wildman–Crippen LogP) is 3.51. The summed E-state index contributed by atoms with van der Waals surface area (Å²) in [6.07, 6.45) is 4.09. The van der Waals surface area contributed by atoms with Gasteiger partial charge in [0.05, 0.1) is 11.4 Å². The largest absolute Gasteiger partial charge is 0.368 e. The van der Waals surface area contributed by atoms with Crippen LogP contribution in [-0.4, -0.2) is 31.5 Å². The van der Waals surface area contributed by atoms with E-state index in [9.17, 15) is 0 Å². The molecule has 18 heavy (non-hydrogen) atoms. The van der Waals surface area contributed by atoms with Gasteiger partial charge >= 0.3 is 0 Å². The molecule has 0 radical (unpaired) electrons. The number of anilines is 2. The SMILES string of the molecule is BrCCCN1CCN(CC2CC2)c2ccccc21. The summed E-state index contributed by atoms with van der Waals surface area (Å²) in [5.41, 5.74) is 2.88. The number of alkyl halides is 1. The second kappa shape index (κ2) is 5.52. The van der Waals surface area contributed by atoms with E-state index in [2.05, 4.69) is 50.0 Å². The summed E-state index contributed by atoms with van der Waals surface area (Å²) in [7, 11) is 0. The summed E-state index contributed by atoms with van der Waals surface area (Å²) < 4.78 is 0. The molecule has 1 aliphatic carbocycles. The van der Waals surface area contributed by atoms with Crippen LogP contribution >= 0.6 is 15.9 Å². The number of hydrogen-bond donors (Lipinski definition) is 0. The zero-order valence-electron chi connectivity index (χ0n) is 10.8. The molecule has 1 heterocycles. The van der Waals surface area contributed by atoms with Crippen molar-refractivity contribution < 1.29 is 0 Å². The van der Waals surface area contributed by atoms with Crippen LogP contribution in [0.15, 0.2) is 24.3 Å². The Hall–Kier alpha value is -0.700. The van der Waals surface area contributed by atoms with E-state index in [4.69, 9.17) is 0 Å². The minimum absolute atomic E-state index is 0.965. The Morgan fingerprint density at radius 3 is 2.39 bits per heavy atom. The Morgan fingerprint density at radius 2 is 1.72 bits per heavy atom. The highest BCUT2D eigenvalue weighted by atomic mass is 79.9. The molecule has 1 saturated carbocycles. The smallest absolute Gasteiger partial charge is 0.0604 e. The standard InChI is InChI=1S/C15H21BrN2/c16-8-3-9-17-10-11-18(12-13-6-7-13)15-5-2-1-4-14(15)17/h1-2,4-5,13H,3,6-12H2. The van der Waals surface area contributed by atoms with Crippen molar-refractivity contribution in [1.29, 1.82) is 0 Å². The average molecular weight is 309 g/mol. The van der Waals surface area contributed by atoms with Gasteiger partial charge in [-0.25, -0.2) is 0 Å². The molecule has 0 atom stereocenters. The Labute approximate surface area is 118 Å². The summed E-state index contributed by atoms with van der Waals surface area (Å²) in [5, 5.41) is 1.09. The van der Waals surface area contributed by atoms with Gasteiger partial charge < -0.3 is 9.80 Å². The molecular formula is C15H21BrN2. The summed E-state index contributed by atoms with van der Waals surface area (Å²) in [5.74, 6) is 0.965. The van der Waals surface area contributed by atoms with Crippen molar-refractivity contribution in [1.82, 2.24) is 0 Å². The number of hydrogen-bond acceptors (Lipinski definition) is 2. The monoisotopic (exact) mass is 308 g/mol. The number of benzene rings is 1. The van der Waals surface area contributed by atoms with Crippen molar-refractivity contribution in [3.05, 3.63) is 24.3 Å². The lowest BCUT2D eigenvalue weighted by Crippen LogP contribution is -2.42. The maximum absolute atomic E-state index is 3.53. The van der Waals surface area contributed by atoms with E-state index >= 15 is 0 Å². The first-order chi connectivity index (χ1) is 8.88. The number of halogens is 1. The first-order valence-corrected chi connectivity index (χ1v) is 8.15. The lowest BCUT2D eigenvalue weighted by Gasteiger charge is -2.39. The summed E-state index contributed by atoms with van der Waals surface area (Å²) >= 11 is 3.53. The van der Waals surface area contributed by atoms with E-state index in [1.807, 2.05) is 0 Å². The number of fused-ring (bicyclic) bond motifs is 1. The molecule has 98 valence electrons. The molecule has 3 rings (SSSR count). The highest BCUT2D eigenvalue weighted by Crippen LogP contribution is 2.37. The molecule has 2 aliphatic rings. The zero-order valence-corrected chi connectivity index (χ0v) is 12.4. The van der Waals surface area contributed by atoms with Crippen molar-refractivity contribution in [2.24, 2.45) is 5.92 Å². The summed E-state index contributed by atoms with van der Waals surface area (Å²) in [6, 6.07) is 8.91. The van der Waals surface area contributed by atoms with Gasteiger partial charge in [0, 0.05) is 31.5 Å². The lowest BCUT2D eigenvalue weighted by atomic mass is 10.1. The normalized spacial score (nSPS) is 18.9. The Bertz CT molecular complexity index is 403. The summed E-state index contributed by atoms with van der Waals surface area (Å²) in [6.45, 7) is 4.80. The molecule has 3 heteroatoms. The van der Waals surface area contributed by atoms with Gasteiger partial charge in [0.15, 0.2) is 0 Å². The van der Waals surface area contributed by atoms with E-state index < -0.39 is 0 Å². The van der Waals surface area contributed by atoms with Crippen LogP contribution in [0.25, 0.3) is 0 Å². The highest BCUT2D eigenvalue weighted by Gasteiger charge is 2.28. The van der Waals surface area contributed by atoms with Crippen molar-refractivity contribution >= 4 is 27.3 Å². The first-order valence-electron chi connectivity index (χ1n) is 7.03. The zero-order chi connectivity index (χ0) is 12.4. The van der Waals surface area contributed by atoms with Gasteiger partial charge in [0.2, 0.25) is 0 Å². The van der Waals surface area contributed by atoms with Crippen molar-refractivity contribution in [2.45, 2.75) is 19.3 Å². The molecule has 0 amide bonds. The fraction of sp³-hybridized carbons (Fsp3) is 0.600. The van der Waals surface area contributed by atoms with Gasteiger partial charge in [-0.05, 0) is 37.3 Å². The van der Waals surface area contributed by atoms with Gasteiger partial charge in [-0.3, -0.25) is 0 Å². The predicted molar refractivity (Wildman–Crippen MR) is 82.0 cm³/mol. The van der Waals surface area contributed by atoms with E-state index in [0.29, 0.717) is 0 Å². The minimum Gasteiger partial charge on any atom is -0.368 e. The molecular weight excluding hydrogens is 288 g/mol. The topological polar surface area (TPSA) is 6.48 Å².